The first-order valence-corrected chi connectivity index (χ1v) is 7.59. The van der Waals surface area contributed by atoms with Gasteiger partial charge >= 0.3 is 0 Å². The van der Waals surface area contributed by atoms with Gasteiger partial charge in [0.1, 0.15) is 11.6 Å². The smallest absolute Gasteiger partial charge is 0.271 e. The van der Waals surface area contributed by atoms with Gasteiger partial charge in [0, 0.05) is 11.1 Å². The third kappa shape index (κ3) is 3.95. The van der Waals surface area contributed by atoms with Gasteiger partial charge in [0.25, 0.3) is 5.91 Å². The summed E-state index contributed by atoms with van der Waals surface area (Å²) in [6, 6.07) is 9.29. The third-order valence-electron chi connectivity index (χ3n) is 2.77. The van der Waals surface area contributed by atoms with E-state index in [9.17, 15) is 9.18 Å². The Labute approximate surface area is 145 Å². The van der Waals surface area contributed by atoms with E-state index in [1.165, 1.54) is 31.5 Å². The first kappa shape index (κ1) is 16.7. The molecule has 0 bridgehead atoms. The number of halogens is 3. The lowest BCUT2D eigenvalue weighted by atomic mass is 10.2. The van der Waals surface area contributed by atoms with Gasteiger partial charge in [0.2, 0.25) is 0 Å². The minimum Gasteiger partial charge on any atom is -0.496 e. The lowest BCUT2D eigenvalue weighted by Crippen LogP contribution is -2.17. The van der Waals surface area contributed by atoms with Crippen LogP contribution >= 0.6 is 34.2 Å². The van der Waals surface area contributed by atoms with Gasteiger partial charge in [-0.15, -0.1) is 0 Å². The summed E-state index contributed by atoms with van der Waals surface area (Å²) in [5.41, 5.74) is 2.82. The lowest BCUT2D eigenvalue weighted by Gasteiger charge is -2.05. The number of carbonyl (C=O) groups excluding carboxylic acids is 1. The number of amides is 1. The van der Waals surface area contributed by atoms with Crippen LogP contribution in [0, 0.1) is 9.39 Å². The highest BCUT2D eigenvalue weighted by atomic mass is 127. The number of carbonyl (C=O) groups is 1. The summed E-state index contributed by atoms with van der Waals surface area (Å²) in [5, 5.41) is 3.94. The zero-order valence-electron chi connectivity index (χ0n) is 11.4. The van der Waals surface area contributed by atoms with Crippen LogP contribution < -0.4 is 10.2 Å². The highest BCUT2D eigenvalue weighted by Crippen LogP contribution is 2.21. The van der Waals surface area contributed by atoms with E-state index >= 15 is 0 Å². The second-order valence-electron chi connectivity index (χ2n) is 4.18. The lowest BCUT2D eigenvalue weighted by molar-refractivity contribution is 0.0954. The number of hydrogen-bond acceptors (Lipinski definition) is 3. The Kier molecular flexibility index (Phi) is 5.73. The molecule has 0 radical (unpaired) electrons. The molecule has 0 aromatic heterocycles. The van der Waals surface area contributed by atoms with E-state index in [1.54, 1.807) is 18.2 Å². The number of ether oxygens (including phenoxy) is 1. The Morgan fingerprint density at radius 3 is 2.86 bits per heavy atom. The van der Waals surface area contributed by atoms with Gasteiger partial charge in [-0.25, -0.2) is 9.82 Å². The van der Waals surface area contributed by atoms with E-state index in [0.717, 1.165) is 3.57 Å². The predicted octanol–water partition coefficient (Wildman–Crippen LogP) is 3.86. The number of hydrazone groups is 1. The normalized spacial score (nSPS) is 10.7. The molecule has 0 fully saturated rings. The van der Waals surface area contributed by atoms with E-state index in [4.69, 9.17) is 16.3 Å². The van der Waals surface area contributed by atoms with Crippen molar-refractivity contribution in [3.8, 4) is 5.75 Å². The number of hydrogen-bond donors (Lipinski definition) is 1. The van der Waals surface area contributed by atoms with Gasteiger partial charge in [0.05, 0.1) is 21.9 Å². The summed E-state index contributed by atoms with van der Waals surface area (Å²) in [7, 11) is 1.53. The molecule has 22 heavy (non-hydrogen) atoms. The van der Waals surface area contributed by atoms with Gasteiger partial charge in [-0.3, -0.25) is 4.79 Å². The molecule has 114 valence electrons. The molecule has 0 saturated carbocycles. The second-order valence-corrected chi connectivity index (χ2v) is 5.75. The molecule has 0 saturated heterocycles. The number of methoxy groups -OCH3 is 1. The van der Waals surface area contributed by atoms with Crippen LogP contribution in [0.5, 0.6) is 5.75 Å². The summed E-state index contributed by atoms with van der Waals surface area (Å²) in [6.45, 7) is 0. The maximum atomic E-state index is 13.5. The fourth-order valence-corrected chi connectivity index (χ4v) is 2.42. The average molecular weight is 433 g/mol. The van der Waals surface area contributed by atoms with Crippen molar-refractivity contribution in [1.82, 2.24) is 5.43 Å². The van der Waals surface area contributed by atoms with Crippen LogP contribution in [0.2, 0.25) is 5.02 Å². The van der Waals surface area contributed by atoms with Gasteiger partial charge in [-0.2, -0.15) is 5.10 Å². The van der Waals surface area contributed by atoms with E-state index < -0.39 is 11.7 Å². The van der Waals surface area contributed by atoms with Crippen molar-refractivity contribution in [2.45, 2.75) is 0 Å². The average Bonchev–Trinajstić information content (AvgIpc) is 2.50. The summed E-state index contributed by atoms with van der Waals surface area (Å²) in [4.78, 5) is 12.0. The maximum Gasteiger partial charge on any atom is 0.271 e. The second kappa shape index (κ2) is 7.55. The van der Waals surface area contributed by atoms with E-state index in [0.29, 0.717) is 11.3 Å². The minimum atomic E-state index is -0.513. The molecule has 0 heterocycles. The summed E-state index contributed by atoms with van der Waals surface area (Å²) < 4.78 is 19.6. The van der Waals surface area contributed by atoms with E-state index in [1.807, 2.05) is 0 Å². The molecule has 0 aliphatic rings. The van der Waals surface area contributed by atoms with Crippen molar-refractivity contribution in [2.75, 3.05) is 7.11 Å². The Morgan fingerprint density at radius 2 is 2.18 bits per heavy atom. The van der Waals surface area contributed by atoms with E-state index in [2.05, 4.69) is 33.1 Å². The molecule has 7 heteroatoms. The van der Waals surface area contributed by atoms with Crippen molar-refractivity contribution in [2.24, 2.45) is 5.10 Å². The summed E-state index contributed by atoms with van der Waals surface area (Å²) in [5.74, 6) is -0.353. The van der Waals surface area contributed by atoms with Crippen molar-refractivity contribution < 1.29 is 13.9 Å². The Balaban J connectivity index is 2.11. The highest BCUT2D eigenvalue weighted by Gasteiger charge is 2.09. The zero-order valence-corrected chi connectivity index (χ0v) is 14.4. The molecule has 1 N–H and O–H groups in total. The first-order chi connectivity index (χ1) is 10.5. The zero-order chi connectivity index (χ0) is 16.1. The third-order valence-corrected chi connectivity index (χ3v) is 3.99. The highest BCUT2D eigenvalue weighted by molar-refractivity contribution is 14.1. The number of nitrogens with one attached hydrogen (secondary N) is 1. The van der Waals surface area contributed by atoms with E-state index in [-0.39, 0.29) is 10.6 Å². The molecule has 0 spiro atoms. The molecule has 2 aromatic rings. The topological polar surface area (TPSA) is 50.7 Å². The Morgan fingerprint density at radius 1 is 1.41 bits per heavy atom. The molecular formula is C15H11ClFIN2O2. The fourth-order valence-electron chi connectivity index (χ4n) is 1.66. The fraction of sp³-hybridized carbons (Fsp3) is 0.0667. The van der Waals surface area contributed by atoms with Crippen molar-refractivity contribution >= 4 is 46.3 Å². The first-order valence-electron chi connectivity index (χ1n) is 6.14. The van der Waals surface area contributed by atoms with Gasteiger partial charge < -0.3 is 4.74 Å². The number of benzene rings is 2. The molecule has 1 amide bonds. The minimum absolute atomic E-state index is 0.115. The van der Waals surface area contributed by atoms with Gasteiger partial charge in [0.15, 0.2) is 0 Å². The van der Waals surface area contributed by atoms with Crippen molar-refractivity contribution in [3.05, 3.63) is 61.9 Å². The number of nitrogens with zero attached hydrogens (tertiary/aromatic N) is 1. The van der Waals surface area contributed by atoms with Crippen LogP contribution in [0.4, 0.5) is 4.39 Å². The Bertz CT molecular complexity index is 717. The standard InChI is InChI=1S/C15H11ClFIN2O2/c1-22-14-7-9(5-6-13(14)18)15(21)20-19-8-10-11(16)3-2-4-12(10)17/h2-8H,1H3,(H,20,21)/b19-8-. The SMILES string of the molecule is COc1cc(C(=O)N/N=C\c2c(F)cccc2Cl)ccc1I. The van der Waals surface area contributed by atoms with Crippen LogP contribution in [0.3, 0.4) is 0 Å². The quantitative estimate of drug-likeness (QED) is 0.453. The van der Waals surface area contributed by atoms with Crippen LogP contribution in [0.1, 0.15) is 15.9 Å². The molecule has 4 nitrogen and oxygen atoms in total. The molecule has 0 unspecified atom stereocenters. The summed E-state index contributed by atoms with van der Waals surface area (Å²) in [6.07, 6.45) is 1.17. The van der Waals surface area contributed by atoms with Gasteiger partial charge in [-0.1, -0.05) is 17.7 Å². The van der Waals surface area contributed by atoms with Crippen LogP contribution in [0.15, 0.2) is 41.5 Å². The molecular weight excluding hydrogens is 422 g/mol. The van der Waals surface area contributed by atoms with Crippen LogP contribution in [-0.2, 0) is 0 Å². The van der Waals surface area contributed by atoms with Crippen LogP contribution in [0.25, 0.3) is 0 Å². The molecule has 0 aliphatic heterocycles. The van der Waals surface area contributed by atoms with Gasteiger partial charge in [-0.05, 0) is 52.9 Å². The summed E-state index contributed by atoms with van der Waals surface area (Å²) >= 11 is 7.96. The van der Waals surface area contributed by atoms with Crippen molar-refractivity contribution in [1.29, 1.82) is 0 Å². The van der Waals surface area contributed by atoms with Crippen molar-refractivity contribution in [3.63, 3.8) is 0 Å². The number of rotatable bonds is 4. The monoisotopic (exact) mass is 432 g/mol. The molecule has 0 aliphatic carbocycles. The largest absolute Gasteiger partial charge is 0.496 e. The Hall–Kier alpha value is -1.67. The molecule has 0 atom stereocenters. The predicted molar refractivity (Wildman–Crippen MR) is 92.2 cm³/mol. The maximum absolute atomic E-state index is 13.5. The van der Waals surface area contributed by atoms with Crippen LogP contribution in [-0.4, -0.2) is 19.2 Å². The molecule has 2 rings (SSSR count). The molecule has 2 aromatic carbocycles.